The van der Waals surface area contributed by atoms with E-state index in [-0.39, 0.29) is 12.0 Å². The summed E-state index contributed by atoms with van der Waals surface area (Å²) in [5.41, 5.74) is -4.19. The Labute approximate surface area is 187 Å². The molecule has 172 valence electrons. The second-order valence-electron chi connectivity index (χ2n) is 10.6. The first-order valence-corrected chi connectivity index (χ1v) is 10.9. The third-order valence-corrected chi connectivity index (χ3v) is 9.02. The average molecular weight is 443 g/mol. The lowest BCUT2D eigenvalue weighted by molar-refractivity contribution is -0.165. The van der Waals surface area contributed by atoms with E-state index in [1.165, 1.54) is 19.9 Å². The number of hydrogen-bond acceptors (Lipinski definition) is 6. The Bertz CT molecular complexity index is 1060. The summed E-state index contributed by atoms with van der Waals surface area (Å²) in [6, 6.07) is 0. The quantitative estimate of drug-likeness (QED) is 0.376. The van der Waals surface area contributed by atoms with Crippen LogP contribution in [0.25, 0.3) is 0 Å². The molecular weight excluding hydrogens is 412 g/mol. The van der Waals surface area contributed by atoms with Gasteiger partial charge in [-0.1, -0.05) is 30.7 Å². The van der Waals surface area contributed by atoms with Gasteiger partial charge in [0.15, 0.2) is 17.3 Å². The molecule has 0 aromatic rings. The summed E-state index contributed by atoms with van der Waals surface area (Å²) in [6.07, 6.45) is 3.31. The van der Waals surface area contributed by atoms with E-state index in [1.807, 2.05) is 33.8 Å². The molecule has 2 aliphatic carbocycles. The van der Waals surface area contributed by atoms with Gasteiger partial charge in [-0.2, -0.15) is 0 Å². The minimum absolute atomic E-state index is 0.0942. The van der Waals surface area contributed by atoms with E-state index in [0.29, 0.717) is 12.8 Å². The standard InChI is InChI=1S/C25H30O7/c1-13-16-12-22(6,19(28)29)15(3)25(18(27)14(2)31-20(25)30)23(16,7)10-11-24(13)9-8-17(26)32-21(24,4)5/h8-9,14H,3,10-12H2,1-2,4-7H3,(H,28,29)/t14-,22-,23+,24+,25+/m1/s1. The summed E-state index contributed by atoms with van der Waals surface area (Å²) in [4.78, 5) is 51.5. The third-order valence-electron chi connectivity index (χ3n) is 9.02. The van der Waals surface area contributed by atoms with E-state index >= 15 is 0 Å². The molecule has 5 atom stereocenters. The first kappa shape index (κ1) is 22.5. The van der Waals surface area contributed by atoms with Gasteiger partial charge in [-0.25, -0.2) is 4.79 Å². The fourth-order valence-electron chi connectivity index (χ4n) is 6.85. The lowest BCUT2D eigenvalue weighted by Gasteiger charge is -2.61. The summed E-state index contributed by atoms with van der Waals surface area (Å²) in [6.45, 7) is 14.5. The van der Waals surface area contributed by atoms with Gasteiger partial charge < -0.3 is 14.6 Å². The van der Waals surface area contributed by atoms with Crippen LogP contribution in [0.15, 0.2) is 35.5 Å². The Morgan fingerprint density at radius 2 is 1.78 bits per heavy atom. The lowest BCUT2D eigenvalue weighted by atomic mass is 9.40. The molecule has 1 N–H and O–H groups in total. The predicted molar refractivity (Wildman–Crippen MR) is 114 cm³/mol. The number of carboxylic acids is 1. The zero-order valence-electron chi connectivity index (χ0n) is 19.5. The number of esters is 2. The Morgan fingerprint density at radius 3 is 2.28 bits per heavy atom. The largest absolute Gasteiger partial charge is 0.481 e. The molecule has 2 heterocycles. The van der Waals surface area contributed by atoms with Gasteiger partial charge in [0.1, 0.15) is 5.60 Å². The zero-order chi connectivity index (χ0) is 24.1. The van der Waals surface area contributed by atoms with E-state index in [2.05, 4.69) is 6.58 Å². The van der Waals surface area contributed by atoms with Gasteiger partial charge in [0, 0.05) is 16.9 Å². The van der Waals surface area contributed by atoms with Crippen LogP contribution in [0.4, 0.5) is 0 Å². The van der Waals surface area contributed by atoms with Crippen molar-refractivity contribution in [2.24, 2.45) is 21.7 Å². The number of carbonyl (C=O) groups excluding carboxylic acids is 3. The van der Waals surface area contributed by atoms with E-state index in [1.54, 1.807) is 0 Å². The van der Waals surface area contributed by atoms with Gasteiger partial charge in [0.25, 0.3) is 0 Å². The van der Waals surface area contributed by atoms with Crippen LogP contribution in [0.5, 0.6) is 0 Å². The molecule has 4 rings (SSSR count). The molecule has 7 nitrogen and oxygen atoms in total. The number of carbonyl (C=O) groups is 4. The summed E-state index contributed by atoms with van der Waals surface area (Å²) < 4.78 is 11.1. The van der Waals surface area contributed by atoms with Gasteiger partial charge in [0.2, 0.25) is 0 Å². The maximum absolute atomic E-state index is 13.6. The Kier molecular flexibility index (Phi) is 4.36. The molecule has 0 amide bonds. The van der Waals surface area contributed by atoms with Crippen LogP contribution < -0.4 is 0 Å². The Hall–Kier alpha value is -2.70. The molecule has 0 aromatic heterocycles. The topological polar surface area (TPSA) is 107 Å². The van der Waals surface area contributed by atoms with Crippen molar-refractivity contribution in [1.82, 2.24) is 0 Å². The van der Waals surface area contributed by atoms with Crippen molar-refractivity contribution in [2.45, 2.75) is 72.5 Å². The number of aliphatic carboxylic acids is 1. The van der Waals surface area contributed by atoms with Crippen molar-refractivity contribution in [1.29, 1.82) is 0 Å². The van der Waals surface area contributed by atoms with Gasteiger partial charge >= 0.3 is 17.9 Å². The maximum atomic E-state index is 13.6. The maximum Gasteiger partial charge on any atom is 0.331 e. The molecule has 1 saturated heterocycles. The van der Waals surface area contributed by atoms with E-state index < -0.39 is 57.1 Å². The summed E-state index contributed by atoms with van der Waals surface area (Å²) in [5.74, 6) is -2.73. The van der Waals surface area contributed by atoms with Crippen molar-refractivity contribution < 1.29 is 33.8 Å². The monoisotopic (exact) mass is 442 g/mol. The van der Waals surface area contributed by atoms with Crippen LogP contribution in [0.3, 0.4) is 0 Å². The highest BCUT2D eigenvalue weighted by atomic mass is 16.6. The molecule has 0 radical (unpaired) electrons. The van der Waals surface area contributed by atoms with Crippen LogP contribution in [0.2, 0.25) is 0 Å². The normalized spacial score (nSPS) is 42.9. The van der Waals surface area contributed by atoms with Crippen LogP contribution in [-0.4, -0.2) is 40.5 Å². The van der Waals surface area contributed by atoms with Crippen LogP contribution in [0.1, 0.15) is 60.8 Å². The fraction of sp³-hybridized carbons (Fsp3) is 0.600. The molecule has 2 fully saturated rings. The number of hydrogen-bond donors (Lipinski definition) is 1. The molecule has 7 heteroatoms. The number of fused-ring (bicyclic) bond motifs is 2. The van der Waals surface area contributed by atoms with Gasteiger partial charge in [-0.05, 0) is 59.5 Å². The zero-order valence-corrected chi connectivity index (χ0v) is 19.5. The molecule has 0 aromatic carbocycles. The van der Waals surface area contributed by atoms with Crippen LogP contribution in [-0.2, 0) is 28.7 Å². The van der Waals surface area contributed by atoms with Crippen molar-refractivity contribution in [3.8, 4) is 0 Å². The van der Waals surface area contributed by atoms with Gasteiger partial charge in [-0.15, -0.1) is 0 Å². The summed E-state index contributed by atoms with van der Waals surface area (Å²) in [5, 5.41) is 10.2. The fourth-order valence-corrected chi connectivity index (χ4v) is 6.85. The van der Waals surface area contributed by atoms with Crippen molar-refractivity contribution >= 4 is 23.7 Å². The number of ether oxygens (including phenoxy) is 2. The summed E-state index contributed by atoms with van der Waals surface area (Å²) in [7, 11) is 0. The molecule has 32 heavy (non-hydrogen) atoms. The van der Waals surface area contributed by atoms with Crippen LogP contribution >= 0.6 is 0 Å². The highest BCUT2D eigenvalue weighted by Gasteiger charge is 2.75. The molecule has 2 spiro atoms. The average Bonchev–Trinajstić information content (AvgIpc) is 2.91. The highest BCUT2D eigenvalue weighted by Crippen LogP contribution is 2.71. The second kappa shape index (κ2) is 6.21. The molecule has 4 aliphatic rings. The number of cyclic esters (lactones) is 2. The Balaban J connectivity index is 2.08. The summed E-state index contributed by atoms with van der Waals surface area (Å²) >= 11 is 0. The highest BCUT2D eigenvalue weighted by molar-refractivity contribution is 6.16. The molecule has 2 aliphatic heterocycles. The Morgan fingerprint density at radius 1 is 1.16 bits per heavy atom. The minimum Gasteiger partial charge on any atom is -0.481 e. The first-order chi connectivity index (χ1) is 14.6. The number of carboxylic acid groups (broad SMARTS) is 1. The molecule has 1 saturated carbocycles. The number of rotatable bonds is 1. The van der Waals surface area contributed by atoms with Crippen LogP contribution in [0, 0.1) is 21.7 Å². The lowest BCUT2D eigenvalue weighted by Crippen LogP contribution is -2.62. The second-order valence-corrected chi connectivity index (χ2v) is 10.6. The number of allylic oxidation sites excluding steroid dienone is 1. The minimum atomic E-state index is -1.77. The molecule has 0 bridgehead atoms. The van der Waals surface area contributed by atoms with Crippen molar-refractivity contribution in [3.05, 3.63) is 35.5 Å². The molecule has 0 unspecified atom stereocenters. The van der Waals surface area contributed by atoms with Crippen molar-refractivity contribution in [3.63, 3.8) is 0 Å². The van der Waals surface area contributed by atoms with E-state index in [0.717, 1.165) is 11.1 Å². The van der Waals surface area contributed by atoms with Gasteiger partial charge in [0.05, 0.1) is 5.41 Å². The number of ketones is 1. The third kappa shape index (κ3) is 2.22. The van der Waals surface area contributed by atoms with Crippen molar-refractivity contribution in [2.75, 3.05) is 0 Å². The number of Topliss-reactive ketones (excluding diaryl/α,β-unsaturated/α-hetero) is 1. The van der Waals surface area contributed by atoms with E-state index in [9.17, 15) is 24.3 Å². The smallest absolute Gasteiger partial charge is 0.331 e. The van der Waals surface area contributed by atoms with E-state index in [4.69, 9.17) is 9.47 Å². The predicted octanol–water partition coefficient (Wildman–Crippen LogP) is 3.53. The first-order valence-electron chi connectivity index (χ1n) is 10.9. The molecular formula is C25H30O7. The van der Waals surface area contributed by atoms with Gasteiger partial charge in [-0.3, -0.25) is 14.4 Å². The SMILES string of the molecule is C=C1[C@](C)(C(=O)O)CC2=C(C)[C@]3(C=CC(=O)OC3(C)C)CC[C@]2(C)[C@@]12C(=O)O[C@H](C)C2=O.